The van der Waals surface area contributed by atoms with Crippen LogP contribution in [0.1, 0.15) is 19.8 Å². The Kier molecular flexibility index (Phi) is 5.93. The Bertz CT molecular complexity index is 353. The quantitative estimate of drug-likeness (QED) is 0.761. The molecule has 4 nitrogen and oxygen atoms in total. The third-order valence-electron chi connectivity index (χ3n) is 2.35. The van der Waals surface area contributed by atoms with Gasteiger partial charge in [-0.1, -0.05) is 19.1 Å². The topological polar surface area (TPSA) is 50.4 Å². The highest BCUT2D eigenvalue weighted by Gasteiger charge is 2.02. The Balaban J connectivity index is 2.33. The van der Waals surface area contributed by atoms with Crippen LogP contribution in [0.2, 0.25) is 0 Å². The lowest BCUT2D eigenvalue weighted by molar-refractivity contribution is -0.120. The van der Waals surface area contributed by atoms with Gasteiger partial charge in [0.2, 0.25) is 5.91 Å². The van der Waals surface area contributed by atoms with Gasteiger partial charge in [-0.05, 0) is 18.6 Å². The van der Waals surface area contributed by atoms with Crippen molar-refractivity contribution < 1.29 is 9.53 Å². The Morgan fingerprint density at radius 2 is 2.06 bits per heavy atom. The highest BCUT2D eigenvalue weighted by atomic mass is 16.5. The molecule has 2 N–H and O–H groups in total. The Morgan fingerprint density at radius 3 is 2.76 bits per heavy atom. The van der Waals surface area contributed by atoms with E-state index >= 15 is 0 Å². The van der Waals surface area contributed by atoms with Gasteiger partial charge in [0, 0.05) is 19.5 Å². The van der Waals surface area contributed by atoms with Gasteiger partial charge in [-0.15, -0.1) is 0 Å². The summed E-state index contributed by atoms with van der Waals surface area (Å²) in [7, 11) is 1.63. The minimum Gasteiger partial charge on any atom is -0.495 e. The predicted molar refractivity (Wildman–Crippen MR) is 69.4 cm³/mol. The zero-order valence-electron chi connectivity index (χ0n) is 10.5. The first-order valence-corrected chi connectivity index (χ1v) is 5.91. The molecule has 0 saturated heterocycles. The van der Waals surface area contributed by atoms with E-state index in [0.29, 0.717) is 13.0 Å². The smallest absolute Gasteiger partial charge is 0.221 e. The van der Waals surface area contributed by atoms with Crippen LogP contribution in [0.25, 0.3) is 0 Å². The molecule has 0 aromatic heterocycles. The Morgan fingerprint density at radius 1 is 1.29 bits per heavy atom. The highest BCUT2D eigenvalue weighted by molar-refractivity contribution is 5.76. The molecule has 0 aliphatic heterocycles. The molecule has 0 unspecified atom stereocenters. The van der Waals surface area contributed by atoms with E-state index in [1.165, 1.54) is 0 Å². The molecule has 0 bridgehead atoms. The number of benzene rings is 1. The number of hydrogen-bond acceptors (Lipinski definition) is 3. The van der Waals surface area contributed by atoms with Crippen LogP contribution in [0, 0.1) is 0 Å². The van der Waals surface area contributed by atoms with E-state index in [-0.39, 0.29) is 5.91 Å². The molecule has 1 aromatic carbocycles. The number of rotatable bonds is 7. The number of hydrogen-bond donors (Lipinski definition) is 2. The minimum absolute atomic E-state index is 0.0780. The SMILES string of the molecule is CCCNC(=O)CCNc1ccccc1OC. The highest BCUT2D eigenvalue weighted by Crippen LogP contribution is 2.22. The van der Waals surface area contributed by atoms with Crippen LogP contribution in [0.4, 0.5) is 5.69 Å². The fourth-order valence-electron chi connectivity index (χ4n) is 1.45. The summed E-state index contributed by atoms with van der Waals surface area (Å²) in [6.45, 7) is 3.39. The monoisotopic (exact) mass is 236 g/mol. The van der Waals surface area contributed by atoms with E-state index in [0.717, 1.165) is 24.4 Å². The lowest BCUT2D eigenvalue weighted by Crippen LogP contribution is -2.25. The van der Waals surface area contributed by atoms with Gasteiger partial charge in [0.15, 0.2) is 0 Å². The molecular formula is C13H20N2O2. The number of para-hydroxylation sites is 2. The van der Waals surface area contributed by atoms with Gasteiger partial charge >= 0.3 is 0 Å². The first-order valence-electron chi connectivity index (χ1n) is 5.91. The summed E-state index contributed by atoms with van der Waals surface area (Å²) in [5.41, 5.74) is 0.915. The zero-order chi connectivity index (χ0) is 12.5. The van der Waals surface area contributed by atoms with Crippen molar-refractivity contribution in [1.82, 2.24) is 5.32 Å². The average molecular weight is 236 g/mol. The largest absolute Gasteiger partial charge is 0.495 e. The van der Waals surface area contributed by atoms with Gasteiger partial charge in [-0.2, -0.15) is 0 Å². The van der Waals surface area contributed by atoms with Crippen LogP contribution in [-0.4, -0.2) is 26.1 Å². The van der Waals surface area contributed by atoms with Crippen molar-refractivity contribution in [3.63, 3.8) is 0 Å². The molecule has 4 heteroatoms. The number of carbonyl (C=O) groups excluding carboxylic acids is 1. The summed E-state index contributed by atoms with van der Waals surface area (Å²) in [5.74, 6) is 0.871. The van der Waals surface area contributed by atoms with E-state index < -0.39 is 0 Å². The van der Waals surface area contributed by atoms with Crippen molar-refractivity contribution in [2.24, 2.45) is 0 Å². The van der Waals surface area contributed by atoms with Gasteiger partial charge in [0.05, 0.1) is 12.8 Å². The first kappa shape index (κ1) is 13.4. The molecular weight excluding hydrogens is 216 g/mol. The van der Waals surface area contributed by atoms with Crippen LogP contribution in [-0.2, 0) is 4.79 Å². The maximum Gasteiger partial charge on any atom is 0.221 e. The number of methoxy groups -OCH3 is 1. The molecule has 0 fully saturated rings. The molecule has 1 rings (SSSR count). The van der Waals surface area contributed by atoms with Crippen molar-refractivity contribution in [2.75, 3.05) is 25.5 Å². The molecule has 1 aromatic rings. The van der Waals surface area contributed by atoms with E-state index in [1.54, 1.807) is 7.11 Å². The summed E-state index contributed by atoms with van der Waals surface area (Å²) in [6.07, 6.45) is 1.43. The standard InChI is InChI=1S/C13H20N2O2/c1-3-9-15-13(16)8-10-14-11-6-4-5-7-12(11)17-2/h4-7,14H,3,8-10H2,1-2H3,(H,15,16). The molecule has 0 spiro atoms. The summed E-state index contributed by atoms with van der Waals surface area (Å²) < 4.78 is 5.20. The van der Waals surface area contributed by atoms with Gasteiger partial charge in [-0.25, -0.2) is 0 Å². The lowest BCUT2D eigenvalue weighted by Gasteiger charge is -2.10. The van der Waals surface area contributed by atoms with Crippen molar-refractivity contribution >= 4 is 11.6 Å². The van der Waals surface area contributed by atoms with E-state index in [1.807, 2.05) is 31.2 Å². The Labute approximate surface area is 102 Å². The van der Waals surface area contributed by atoms with Crippen LogP contribution in [0.5, 0.6) is 5.75 Å². The zero-order valence-corrected chi connectivity index (χ0v) is 10.5. The molecule has 0 aliphatic rings. The summed E-state index contributed by atoms with van der Waals surface area (Å²) >= 11 is 0. The summed E-state index contributed by atoms with van der Waals surface area (Å²) in [5, 5.41) is 6.02. The molecule has 0 heterocycles. The second kappa shape index (κ2) is 7.54. The second-order valence-corrected chi connectivity index (χ2v) is 3.73. The van der Waals surface area contributed by atoms with Crippen LogP contribution < -0.4 is 15.4 Å². The summed E-state index contributed by atoms with van der Waals surface area (Å²) in [6, 6.07) is 7.67. The van der Waals surface area contributed by atoms with Gasteiger partial charge in [0.25, 0.3) is 0 Å². The molecule has 1 amide bonds. The van der Waals surface area contributed by atoms with Crippen molar-refractivity contribution in [3.8, 4) is 5.75 Å². The number of amides is 1. The number of ether oxygens (including phenoxy) is 1. The minimum atomic E-state index is 0.0780. The van der Waals surface area contributed by atoms with Crippen molar-refractivity contribution in [1.29, 1.82) is 0 Å². The van der Waals surface area contributed by atoms with E-state index in [4.69, 9.17) is 4.74 Å². The molecule has 0 atom stereocenters. The fourth-order valence-corrected chi connectivity index (χ4v) is 1.45. The van der Waals surface area contributed by atoms with Crippen molar-refractivity contribution in [2.45, 2.75) is 19.8 Å². The average Bonchev–Trinajstić information content (AvgIpc) is 2.37. The number of anilines is 1. The van der Waals surface area contributed by atoms with E-state index in [2.05, 4.69) is 10.6 Å². The maximum absolute atomic E-state index is 11.4. The van der Waals surface area contributed by atoms with Crippen LogP contribution in [0.15, 0.2) is 24.3 Å². The van der Waals surface area contributed by atoms with E-state index in [9.17, 15) is 4.79 Å². The third kappa shape index (κ3) is 4.76. The second-order valence-electron chi connectivity index (χ2n) is 3.73. The summed E-state index contributed by atoms with van der Waals surface area (Å²) in [4.78, 5) is 11.4. The molecule has 0 aliphatic carbocycles. The van der Waals surface area contributed by atoms with Crippen LogP contribution >= 0.6 is 0 Å². The molecule has 0 radical (unpaired) electrons. The fraction of sp³-hybridized carbons (Fsp3) is 0.462. The maximum atomic E-state index is 11.4. The van der Waals surface area contributed by atoms with Crippen molar-refractivity contribution in [3.05, 3.63) is 24.3 Å². The van der Waals surface area contributed by atoms with Gasteiger partial charge in [-0.3, -0.25) is 4.79 Å². The third-order valence-corrected chi connectivity index (χ3v) is 2.35. The number of carbonyl (C=O) groups is 1. The van der Waals surface area contributed by atoms with Gasteiger partial charge in [0.1, 0.15) is 5.75 Å². The normalized spacial score (nSPS) is 9.76. The molecule has 94 valence electrons. The molecule has 17 heavy (non-hydrogen) atoms. The first-order chi connectivity index (χ1) is 8.27. The lowest BCUT2D eigenvalue weighted by atomic mass is 10.3. The predicted octanol–water partition coefficient (Wildman–Crippen LogP) is 2.02. The van der Waals surface area contributed by atoms with Crippen LogP contribution in [0.3, 0.4) is 0 Å². The number of nitrogens with one attached hydrogen (secondary N) is 2. The van der Waals surface area contributed by atoms with Gasteiger partial charge < -0.3 is 15.4 Å². The molecule has 0 saturated carbocycles. The Hall–Kier alpha value is -1.71.